The predicted octanol–water partition coefficient (Wildman–Crippen LogP) is 11.3. The number of unbranched alkanes of at least 4 members (excludes halogenated alkanes) is 4. The van der Waals surface area contributed by atoms with E-state index in [9.17, 15) is 24.3 Å². The second-order valence-corrected chi connectivity index (χ2v) is 15.5. The molecular formula is C47H61BrO14S2. The van der Waals surface area contributed by atoms with E-state index in [0.29, 0.717) is 77.8 Å². The first kappa shape index (κ1) is 56.8. The number of aromatic carboxylic acids is 2. The van der Waals surface area contributed by atoms with Crippen molar-refractivity contribution in [2.24, 2.45) is 0 Å². The average molecular weight is 994 g/mol. The largest absolute Gasteiger partial charge is 0.497 e. The van der Waals surface area contributed by atoms with Gasteiger partial charge in [0.2, 0.25) is 0 Å². The second kappa shape index (κ2) is 32.4. The molecule has 0 spiro atoms. The molecule has 2 N–H and O–H groups in total. The number of benzene rings is 4. The van der Waals surface area contributed by atoms with E-state index in [1.807, 2.05) is 37.3 Å². The van der Waals surface area contributed by atoms with Crippen LogP contribution in [0.25, 0.3) is 0 Å². The van der Waals surface area contributed by atoms with Crippen molar-refractivity contribution in [3.63, 3.8) is 0 Å². The molecule has 4 rings (SSSR count). The molecule has 0 radical (unpaired) electrons. The van der Waals surface area contributed by atoms with Crippen LogP contribution in [0.4, 0.5) is 0 Å². The molecule has 0 aliphatic rings. The Morgan fingerprint density at radius 1 is 0.578 bits per heavy atom. The molecule has 4 aromatic carbocycles. The van der Waals surface area contributed by atoms with Crippen LogP contribution in [0, 0.1) is 0 Å². The SMILES string of the molecule is C.CCOC(=O)CCCCCOc1ccc(Br)cc1OC.CCOC(=O)CCCCCOc1ccc(Sc2cc(OC)ccc2C(=O)O)cc1OC.COc1ccc(C(=O)O)c(S)c1. The van der Waals surface area contributed by atoms with Gasteiger partial charge in [-0.1, -0.05) is 35.1 Å². The van der Waals surface area contributed by atoms with Gasteiger partial charge in [0.15, 0.2) is 23.0 Å². The summed E-state index contributed by atoms with van der Waals surface area (Å²) in [7, 11) is 6.23. The minimum absolute atomic E-state index is 0. The van der Waals surface area contributed by atoms with Crippen LogP contribution in [0.1, 0.15) is 93.4 Å². The Morgan fingerprint density at radius 2 is 1.06 bits per heavy atom. The van der Waals surface area contributed by atoms with Gasteiger partial charge in [0.1, 0.15) is 11.5 Å². The third-order valence-corrected chi connectivity index (χ3v) is 10.4. The minimum Gasteiger partial charge on any atom is -0.497 e. The third kappa shape index (κ3) is 21.4. The van der Waals surface area contributed by atoms with E-state index in [2.05, 4.69) is 28.6 Å². The number of rotatable bonds is 24. The Labute approximate surface area is 394 Å². The Bertz CT molecular complexity index is 2050. The van der Waals surface area contributed by atoms with Crippen molar-refractivity contribution in [3.05, 3.63) is 88.4 Å². The summed E-state index contributed by atoms with van der Waals surface area (Å²) >= 11 is 8.70. The number of esters is 2. The molecule has 0 atom stereocenters. The zero-order chi connectivity index (χ0) is 46.6. The fraction of sp³-hybridized carbons (Fsp3) is 0.404. The van der Waals surface area contributed by atoms with Gasteiger partial charge in [-0.05, 0) is 125 Å². The van der Waals surface area contributed by atoms with Crippen LogP contribution in [0.5, 0.6) is 34.5 Å². The van der Waals surface area contributed by atoms with Gasteiger partial charge in [0.05, 0.1) is 66.0 Å². The molecule has 352 valence electrons. The zero-order valence-electron chi connectivity index (χ0n) is 36.4. The lowest BCUT2D eigenvalue weighted by Gasteiger charge is -2.13. The number of thiol groups is 1. The Kier molecular flexibility index (Phi) is 28.7. The molecule has 0 aromatic heterocycles. The maximum Gasteiger partial charge on any atom is 0.336 e. The van der Waals surface area contributed by atoms with Crippen LogP contribution < -0.4 is 28.4 Å². The van der Waals surface area contributed by atoms with Crippen molar-refractivity contribution in [1.29, 1.82) is 0 Å². The van der Waals surface area contributed by atoms with Crippen LogP contribution in [-0.4, -0.2) is 89.0 Å². The highest BCUT2D eigenvalue weighted by Gasteiger charge is 2.15. The van der Waals surface area contributed by atoms with Crippen LogP contribution in [-0.2, 0) is 19.1 Å². The van der Waals surface area contributed by atoms with Gasteiger partial charge in [0, 0.05) is 32.0 Å². The summed E-state index contributed by atoms with van der Waals surface area (Å²) in [6.45, 7) is 5.59. The smallest absolute Gasteiger partial charge is 0.336 e. The topological polar surface area (TPSA) is 183 Å². The Morgan fingerprint density at radius 3 is 1.53 bits per heavy atom. The standard InChI is InChI=1S/C23H28O7S.C15H21BrO4.C8H8O3S.CH4/c1-4-29-22(24)8-6-5-7-13-30-19-12-10-17(15-20(19)28-3)31-21-14-16(27-2)9-11-18(21)23(25)26;1-3-19-15(17)7-5-4-6-10-20-13-9-8-12(16)11-14(13)18-2;1-11-5-2-3-6(8(9)10)7(12)4-5;/h9-12,14-15H,4-8,13H2,1-3H3,(H,25,26);8-9,11H,3-7,10H2,1-2H3;2-4,12H,1H3,(H,9,10);1H4. The van der Waals surface area contributed by atoms with Gasteiger partial charge >= 0.3 is 23.9 Å². The number of carbonyl (C=O) groups excluding carboxylic acids is 2. The normalized spacial score (nSPS) is 10.0. The lowest BCUT2D eigenvalue weighted by molar-refractivity contribution is -0.144. The van der Waals surface area contributed by atoms with E-state index in [0.717, 1.165) is 53.6 Å². The number of carboxylic acid groups (broad SMARTS) is 2. The predicted molar refractivity (Wildman–Crippen MR) is 253 cm³/mol. The molecule has 0 saturated carbocycles. The molecule has 17 heteroatoms. The molecule has 14 nitrogen and oxygen atoms in total. The molecule has 0 aliphatic heterocycles. The van der Waals surface area contributed by atoms with Crippen molar-refractivity contribution >= 4 is 64.2 Å². The van der Waals surface area contributed by atoms with Crippen LogP contribution in [0.2, 0.25) is 0 Å². The van der Waals surface area contributed by atoms with E-state index in [-0.39, 0.29) is 30.5 Å². The average Bonchev–Trinajstić information content (AvgIpc) is 3.27. The lowest BCUT2D eigenvalue weighted by atomic mass is 10.2. The molecule has 0 fully saturated rings. The van der Waals surface area contributed by atoms with E-state index in [4.69, 9.17) is 43.0 Å². The fourth-order valence-electron chi connectivity index (χ4n) is 5.36. The Hall–Kier alpha value is -5.26. The summed E-state index contributed by atoms with van der Waals surface area (Å²) in [4.78, 5) is 46.3. The summed E-state index contributed by atoms with van der Waals surface area (Å²) in [5, 5.41) is 18.1. The van der Waals surface area contributed by atoms with Crippen LogP contribution in [0.15, 0.2) is 92.0 Å². The first-order valence-corrected chi connectivity index (χ1v) is 22.1. The van der Waals surface area contributed by atoms with Gasteiger partial charge in [0.25, 0.3) is 0 Å². The van der Waals surface area contributed by atoms with Crippen molar-refractivity contribution in [2.45, 2.75) is 87.3 Å². The number of hydrogen-bond acceptors (Lipinski definition) is 14. The zero-order valence-corrected chi connectivity index (χ0v) is 39.7. The van der Waals surface area contributed by atoms with E-state index >= 15 is 0 Å². The summed E-state index contributed by atoms with van der Waals surface area (Å²) in [6, 6.07) is 20.6. The van der Waals surface area contributed by atoms with Crippen LogP contribution >= 0.6 is 40.3 Å². The number of halogens is 1. The van der Waals surface area contributed by atoms with Gasteiger partial charge < -0.3 is 48.1 Å². The second-order valence-electron chi connectivity index (χ2n) is 13.0. The number of methoxy groups -OCH3 is 4. The summed E-state index contributed by atoms with van der Waals surface area (Å²) in [5.41, 5.74) is 0.382. The minimum atomic E-state index is -1.000. The van der Waals surface area contributed by atoms with E-state index in [1.54, 1.807) is 51.5 Å². The molecule has 0 amide bonds. The molecule has 0 unspecified atom stereocenters. The number of carboxylic acids is 2. The molecule has 0 heterocycles. The molecule has 64 heavy (non-hydrogen) atoms. The number of hydrogen-bond donors (Lipinski definition) is 3. The van der Waals surface area contributed by atoms with Crippen molar-refractivity contribution in [1.82, 2.24) is 0 Å². The highest BCUT2D eigenvalue weighted by Crippen LogP contribution is 2.38. The molecule has 0 aliphatic carbocycles. The monoisotopic (exact) mass is 992 g/mol. The number of ether oxygens (including phenoxy) is 8. The summed E-state index contributed by atoms with van der Waals surface area (Å²) < 4.78 is 43.0. The van der Waals surface area contributed by atoms with Gasteiger partial charge in [-0.2, -0.15) is 0 Å². The first-order chi connectivity index (χ1) is 30.3. The highest BCUT2D eigenvalue weighted by molar-refractivity contribution is 9.10. The maximum atomic E-state index is 11.5. The fourth-order valence-corrected chi connectivity index (χ4v) is 6.99. The highest BCUT2D eigenvalue weighted by atomic mass is 79.9. The molecular weight excluding hydrogens is 933 g/mol. The van der Waals surface area contributed by atoms with Gasteiger partial charge in [-0.3, -0.25) is 9.59 Å². The van der Waals surface area contributed by atoms with Crippen LogP contribution in [0.3, 0.4) is 0 Å². The summed E-state index contributed by atoms with van der Waals surface area (Å²) in [6.07, 6.45) is 6.02. The molecule has 4 aromatic rings. The molecule has 0 saturated heterocycles. The van der Waals surface area contributed by atoms with Crippen molar-refractivity contribution in [2.75, 3.05) is 54.9 Å². The lowest BCUT2D eigenvalue weighted by Crippen LogP contribution is -2.04. The molecule has 0 bridgehead atoms. The number of carbonyl (C=O) groups is 4. The van der Waals surface area contributed by atoms with E-state index in [1.165, 1.54) is 38.1 Å². The van der Waals surface area contributed by atoms with Gasteiger partial charge in [-0.25, -0.2) is 9.59 Å². The van der Waals surface area contributed by atoms with Crippen molar-refractivity contribution in [3.8, 4) is 34.5 Å². The Balaban J connectivity index is 0.000000530. The summed E-state index contributed by atoms with van der Waals surface area (Å²) in [5.74, 6) is 1.54. The quantitative estimate of drug-likeness (QED) is 0.0342. The maximum absolute atomic E-state index is 11.5. The van der Waals surface area contributed by atoms with Gasteiger partial charge in [-0.15, -0.1) is 12.6 Å². The van der Waals surface area contributed by atoms with Crippen molar-refractivity contribution < 1.29 is 67.3 Å². The van der Waals surface area contributed by atoms with E-state index < -0.39 is 11.9 Å². The first-order valence-electron chi connectivity index (χ1n) is 20.1. The third-order valence-electron chi connectivity index (χ3n) is 8.52.